The van der Waals surface area contributed by atoms with Crippen LogP contribution in [-0.4, -0.2) is 29.3 Å². The average molecular weight is 402 g/mol. The predicted octanol–water partition coefficient (Wildman–Crippen LogP) is 3.34. The lowest BCUT2D eigenvalue weighted by Crippen LogP contribution is -2.19. The van der Waals surface area contributed by atoms with E-state index in [0.29, 0.717) is 11.3 Å². The Morgan fingerprint density at radius 1 is 1.40 bits per heavy atom. The van der Waals surface area contributed by atoms with Crippen molar-refractivity contribution < 1.29 is 14.6 Å². The van der Waals surface area contributed by atoms with Gasteiger partial charge in [-0.15, -0.1) is 0 Å². The van der Waals surface area contributed by atoms with Gasteiger partial charge in [0.25, 0.3) is 0 Å². The average Bonchev–Trinajstić information content (AvgIpc) is 3.00. The first kappa shape index (κ1) is 17.0. The number of aromatic hydroxyl groups is 1. The van der Waals surface area contributed by atoms with E-state index in [1.54, 1.807) is 12.1 Å². The highest BCUT2D eigenvalue weighted by Gasteiger charge is 2.09. The number of carbonyl (C=O) groups excluding carboxylic acids is 1. The largest absolute Gasteiger partial charge is 0.504 e. The maximum absolute atomic E-state index is 12.1. The van der Waals surface area contributed by atoms with Gasteiger partial charge < -0.3 is 14.8 Å². The van der Waals surface area contributed by atoms with Gasteiger partial charge in [0, 0.05) is 27.1 Å². The summed E-state index contributed by atoms with van der Waals surface area (Å²) in [4.78, 5) is 15.2. The first-order valence-electron chi connectivity index (χ1n) is 7.52. The van der Waals surface area contributed by atoms with Crippen LogP contribution in [0.3, 0.4) is 0 Å². The smallest absolute Gasteiger partial charge is 0.244 e. The topological polar surface area (TPSA) is 86.7 Å². The second-order valence-corrected chi connectivity index (χ2v) is 6.29. The molecule has 1 aromatic heterocycles. The number of hydrogen-bond acceptors (Lipinski definition) is 4. The first-order chi connectivity index (χ1) is 12.1. The van der Waals surface area contributed by atoms with Crippen LogP contribution >= 0.6 is 15.9 Å². The molecule has 3 aromatic rings. The van der Waals surface area contributed by atoms with Crippen LogP contribution in [0.1, 0.15) is 11.1 Å². The highest BCUT2D eigenvalue weighted by atomic mass is 79.9. The van der Waals surface area contributed by atoms with Crippen molar-refractivity contribution in [2.24, 2.45) is 5.10 Å². The lowest BCUT2D eigenvalue weighted by Gasteiger charge is -2.06. The molecule has 0 aliphatic rings. The van der Waals surface area contributed by atoms with Crippen molar-refractivity contribution in [1.29, 1.82) is 0 Å². The van der Waals surface area contributed by atoms with Gasteiger partial charge >= 0.3 is 0 Å². The zero-order valence-corrected chi connectivity index (χ0v) is 15.0. The highest BCUT2D eigenvalue weighted by molar-refractivity contribution is 9.10. The number of nitrogens with zero attached hydrogens (tertiary/aromatic N) is 1. The van der Waals surface area contributed by atoms with Crippen LogP contribution in [0.2, 0.25) is 0 Å². The van der Waals surface area contributed by atoms with Gasteiger partial charge in [-0.3, -0.25) is 4.79 Å². The van der Waals surface area contributed by atoms with Gasteiger partial charge in [-0.05, 0) is 23.8 Å². The van der Waals surface area contributed by atoms with Gasteiger partial charge in [-0.1, -0.05) is 34.1 Å². The molecular formula is C18H16BrN3O3. The number of halogens is 1. The van der Waals surface area contributed by atoms with Crippen molar-refractivity contribution in [3.8, 4) is 11.5 Å². The standard InChI is InChI=1S/C18H16BrN3O3/c1-25-16-8-13(19)6-12(18(16)24)10-21-22-17(23)7-11-9-20-15-5-3-2-4-14(11)15/h2-6,8-10,20,24H,7H2,1H3,(H,22,23)/b21-10+. The zero-order chi connectivity index (χ0) is 17.8. The quantitative estimate of drug-likeness (QED) is 0.452. The zero-order valence-electron chi connectivity index (χ0n) is 13.4. The number of methoxy groups -OCH3 is 1. The number of para-hydroxylation sites is 1. The molecular weight excluding hydrogens is 386 g/mol. The lowest BCUT2D eigenvalue weighted by atomic mass is 10.1. The highest BCUT2D eigenvalue weighted by Crippen LogP contribution is 2.32. The number of phenolic OH excluding ortho intramolecular Hbond substituents is 1. The molecule has 25 heavy (non-hydrogen) atoms. The van der Waals surface area contributed by atoms with E-state index in [1.807, 2.05) is 30.5 Å². The van der Waals surface area contributed by atoms with Gasteiger partial charge in [0.15, 0.2) is 11.5 Å². The molecule has 0 fully saturated rings. The van der Waals surface area contributed by atoms with E-state index >= 15 is 0 Å². The number of hydrogen-bond donors (Lipinski definition) is 3. The number of rotatable bonds is 5. The van der Waals surface area contributed by atoms with Gasteiger partial charge in [-0.25, -0.2) is 5.43 Å². The molecule has 0 bridgehead atoms. The molecule has 6 nitrogen and oxygen atoms in total. The Kier molecular flexibility index (Phi) is 5.04. The summed E-state index contributed by atoms with van der Waals surface area (Å²) in [6.07, 6.45) is 3.39. The Balaban J connectivity index is 1.68. The maximum atomic E-state index is 12.1. The molecule has 1 heterocycles. The Morgan fingerprint density at radius 3 is 3.00 bits per heavy atom. The van der Waals surface area contributed by atoms with E-state index in [-0.39, 0.29) is 18.1 Å². The van der Waals surface area contributed by atoms with Crippen LogP contribution in [0, 0.1) is 0 Å². The fourth-order valence-electron chi connectivity index (χ4n) is 2.51. The summed E-state index contributed by atoms with van der Waals surface area (Å²) in [6, 6.07) is 11.1. The minimum atomic E-state index is -0.248. The van der Waals surface area contributed by atoms with E-state index in [1.165, 1.54) is 13.3 Å². The number of aromatic amines is 1. The first-order valence-corrected chi connectivity index (χ1v) is 8.31. The van der Waals surface area contributed by atoms with Crippen molar-refractivity contribution in [1.82, 2.24) is 10.4 Å². The number of phenols is 1. The molecule has 3 rings (SSSR count). The molecule has 7 heteroatoms. The van der Waals surface area contributed by atoms with Crippen molar-refractivity contribution in [3.05, 3.63) is 58.2 Å². The second-order valence-electron chi connectivity index (χ2n) is 5.38. The molecule has 128 valence electrons. The van der Waals surface area contributed by atoms with E-state index in [2.05, 4.69) is 31.4 Å². The molecule has 0 radical (unpaired) electrons. The fourth-order valence-corrected chi connectivity index (χ4v) is 2.97. The number of amides is 1. The third kappa shape index (κ3) is 3.83. The number of H-pyrrole nitrogens is 1. The van der Waals surface area contributed by atoms with Crippen LogP contribution in [0.5, 0.6) is 11.5 Å². The summed E-state index contributed by atoms with van der Waals surface area (Å²) in [5, 5.41) is 15.0. The number of benzene rings is 2. The SMILES string of the molecule is COc1cc(Br)cc(/C=N/NC(=O)Cc2c[nH]c3ccccc23)c1O. The molecule has 0 aliphatic heterocycles. The van der Waals surface area contributed by atoms with E-state index in [4.69, 9.17) is 4.74 Å². The Hall–Kier alpha value is -2.80. The van der Waals surface area contributed by atoms with E-state index in [9.17, 15) is 9.90 Å². The summed E-state index contributed by atoms with van der Waals surface area (Å²) in [5.41, 5.74) is 4.78. The molecule has 0 saturated carbocycles. The molecule has 0 atom stereocenters. The number of hydrazone groups is 1. The third-order valence-electron chi connectivity index (χ3n) is 3.71. The Bertz CT molecular complexity index is 950. The van der Waals surface area contributed by atoms with Gasteiger partial charge in [0.1, 0.15) is 0 Å². The van der Waals surface area contributed by atoms with Gasteiger partial charge in [0.05, 0.1) is 19.7 Å². The second kappa shape index (κ2) is 7.40. The van der Waals surface area contributed by atoms with Crippen molar-refractivity contribution in [2.45, 2.75) is 6.42 Å². The minimum Gasteiger partial charge on any atom is -0.504 e. The molecule has 0 saturated heterocycles. The Labute approximate surface area is 152 Å². The van der Waals surface area contributed by atoms with Gasteiger partial charge in [-0.2, -0.15) is 5.10 Å². The summed E-state index contributed by atoms with van der Waals surface area (Å²) in [7, 11) is 1.46. The van der Waals surface area contributed by atoms with E-state index in [0.717, 1.165) is 20.9 Å². The third-order valence-corrected chi connectivity index (χ3v) is 4.17. The molecule has 0 unspecified atom stereocenters. The Morgan fingerprint density at radius 2 is 2.20 bits per heavy atom. The number of nitrogens with one attached hydrogen (secondary N) is 2. The molecule has 2 aromatic carbocycles. The van der Waals surface area contributed by atoms with Crippen LogP contribution < -0.4 is 10.2 Å². The number of carbonyl (C=O) groups is 1. The molecule has 0 spiro atoms. The number of ether oxygens (including phenoxy) is 1. The normalized spacial score (nSPS) is 11.1. The number of aromatic nitrogens is 1. The van der Waals surface area contributed by atoms with Crippen molar-refractivity contribution in [2.75, 3.05) is 7.11 Å². The monoisotopic (exact) mass is 401 g/mol. The predicted molar refractivity (Wildman–Crippen MR) is 100 cm³/mol. The fraction of sp³-hybridized carbons (Fsp3) is 0.111. The summed E-state index contributed by atoms with van der Waals surface area (Å²) < 4.78 is 5.80. The van der Waals surface area contributed by atoms with Gasteiger partial charge in [0.2, 0.25) is 5.91 Å². The molecule has 0 aliphatic carbocycles. The van der Waals surface area contributed by atoms with E-state index < -0.39 is 0 Å². The van der Waals surface area contributed by atoms with Crippen LogP contribution in [0.15, 0.2) is 52.2 Å². The summed E-state index contributed by atoms with van der Waals surface area (Å²) in [6.45, 7) is 0. The van der Waals surface area contributed by atoms with Crippen LogP contribution in [0.4, 0.5) is 0 Å². The lowest BCUT2D eigenvalue weighted by molar-refractivity contribution is -0.120. The van der Waals surface area contributed by atoms with Crippen LogP contribution in [-0.2, 0) is 11.2 Å². The summed E-state index contributed by atoms with van der Waals surface area (Å²) >= 11 is 3.33. The molecule has 1 amide bonds. The minimum absolute atomic E-state index is 0.0414. The number of fused-ring (bicyclic) bond motifs is 1. The van der Waals surface area contributed by atoms with Crippen molar-refractivity contribution >= 4 is 39.0 Å². The summed E-state index contributed by atoms with van der Waals surface area (Å²) in [5.74, 6) is 0.0312. The maximum Gasteiger partial charge on any atom is 0.244 e. The molecule has 3 N–H and O–H groups in total. The van der Waals surface area contributed by atoms with Crippen molar-refractivity contribution in [3.63, 3.8) is 0 Å². The van der Waals surface area contributed by atoms with Crippen LogP contribution in [0.25, 0.3) is 10.9 Å².